The highest BCUT2D eigenvalue weighted by Gasteiger charge is 2.18. The maximum atomic E-state index is 11.9. The molecule has 7 nitrogen and oxygen atoms in total. The molecule has 0 saturated carbocycles. The number of nitrogens with zero attached hydrogens (tertiary/aromatic N) is 1. The minimum atomic E-state index is -0.835. The summed E-state index contributed by atoms with van der Waals surface area (Å²) in [4.78, 5) is 25.7. The minimum absolute atomic E-state index is 0.0556. The van der Waals surface area contributed by atoms with E-state index in [1.54, 1.807) is 0 Å². The molecule has 2 N–H and O–H groups in total. The van der Waals surface area contributed by atoms with E-state index >= 15 is 0 Å². The van der Waals surface area contributed by atoms with Crippen LogP contribution in [0, 0.1) is 0 Å². The van der Waals surface area contributed by atoms with Crippen LogP contribution in [0.5, 0.6) is 0 Å². The van der Waals surface area contributed by atoms with Crippen LogP contribution in [0.15, 0.2) is 0 Å². The van der Waals surface area contributed by atoms with Gasteiger partial charge in [-0.15, -0.1) is 0 Å². The van der Waals surface area contributed by atoms with Crippen molar-refractivity contribution in [2.24, 2.45) is 0 Å². The monoisotopic (exact) mass is 505 g/mol. The van der Waals surface area contributed by atoms with E-state index < -0.39 is 12.2 Å². The number of aliphatic hydroxyl groups is 2. The fourth-order valence-corrected chi connectivity index (χ4v) is 3.90. The smallest absolute Gasteiger partial charge is 0.305 e. The zero-order valence-electron chi connectivity index (χ0n) is 21.7. The second-order valence-electron chi connectivity index (χ2n) is 9.19. The van der Waals surface area contributed by atoms with Gasteiger partial charge >= 0.3 is 11.9 Å². The van der Waals surface area contributed by atoms with E-state index in [-0.39, 0.29) is 38.2 Å². The molecule has 202 valence electrons. The fourth-order valence-electron chi connectivity index (χ4n) is 3.67. The first kappa shape index (κ1) is 33.2. The Kier molecular flexibility index (Phi) is 23.3. The van der Waals surface area contributed by atoms with Crippen molar-refractivity contribution in [1.82, 2.24) is 4.90 Å². The average Bonchev–Trinajstić information content (AvgIpc) is 2.81. The third kappa shape index (κ3) is 21.7. The van der Waals surface area contributed by atoms with E-state index in [0.29, 0.717) is 19.4 Å². The summed E-state index contributed by atoms with van der Waals surface area (Å²) >= 11 is 4.24. The van der Waals surface area contributed by atoms with Crippen molar-refractivity contribution in [1.29, 1.82) is 0 Å². The van der Waals surface area contributed by atoms with Crippen LogP contribution in [0.2, 0.25) is 0 Å². The summed E-state index contributed by atoms with van der Waals surface area (Å²) in [6, 6.07) is 0. The van der Waals surface area contributed by atoms with Crippen molar-refractivity contribution < 1.29 is 29.3 Å². The Hall–Kier alpha value is -0.830. The number of rotatable bonds is 24. The summed E-state index contributed by atoms with van der Waals surface area (Å²) in [5, 5.41) is 20.7. The van der Waals surface area contributed by atoms with E-state index in [1.807, 2.05) is 4.90 Å². The SMILES string of the molecule is CCCCCCCC(=O)OCC(O)CN(CCCCS)CC(O)COC(=O)CCCCCCC. The zero-order valence-corrected chi connectivity index (χ0v) is 22.6. The second kappa shape index (κ2) is 23.9. The number of carbonyl (C=O) groups excluding carboxylic acids is 2. The number of ether oxygens (including phenoxy) is 2. The van der Waals surface area contributed by atoms with Gasteiger partial charge in [0.15, 0.2) is 0 Å². The standard InChI is InChI=1S/C26H51NO6S/c1-3-5-7-9-11-15-25(30)32-21-23(28)19-27(17-13-14-18-34)20-24(29)22-33-26(31)16-12-10-8-6-4-2/h23-24,28-29,34H,3-22H2,1-2H3. The van der Waals surface area contributed by atoms with Gasteiger partial charge in [-0.25, -0.2) is 0 Å². The van der Waals surface area contributed by atoms with E-state index in [0.717, 1.165) is 70.0 Å². The third-order valence-corrected chi connectivity index (χ3v) is 5.98. The molecule has 0 aromatic heterocycles. The molecule has 0 heterocycles. The Labute approximate surface area is 213 Å². The molecule has 0 aromatic rings. The van der Waals surface area contributed by atoms with Gasteiger partial charge in [0, 0.05) is 25.9 Å². The summed E-state index contributed by atoms with van der Waals surface area (Å²) in [7, 11) is 0. The highest BCUT2D eigenvalue weighted by molar-refractivity contribution is 7.80. The Morgan fingerprint density at radius 3 is 1.56 bits per heavy atom. The maximum absolute atomic E-state index is 11.9. The maximum Gasteiger partial charge on any atom is 0.305 e. The van der Waals surface area contributed by atoms with E-state index in [9.17, 15) is 19.8 Å². The molecular formula is C26H51NO6S. The molecule has 2 unspecified atom stereocenters. The topological polar surface area (TPSA) is 96.3 Å². The Morgan fingerprint density at radius 1 is 0.706 bits per heavy atom. The lowest BCUT2D eigenvalue weighted by molar-refractivity contribution is -0.147. The number of aliphatic hydroxyl groups excluding tert-OH is 2. The summed E-state index contributed by atoms with van der Waals surface area (Å²) in [6.07, 6.45) is 11.5. The van der Waals surface area contributed by atoms with E-state index in [1.165, 1.54) is 12.8 Å². The Balaban J connectivity index is 4.26. The van der Waals surface area contributed by atoms with Gasteiger partial charge in [-0.2, -0.15) is 12.6 Å². The summed E-state index contributed by atoms with van der Waals surface area (Å²) in [5.74, 6) is 0.211. The van der Waals surface area contributed by atoms with Crippen LogP contribution in [0.25, 0.3) is 0 Å². The van der Waals surface area contributed by atoms with Crippen molar-refractivity contribution in [3.8, 4) is 0 Å². The molecule has 0 rings (SSSR count). The van der Waals surface area contributed by atoms with Crippen LogP contribution in [0.1, 0.15) is 104 Å². The molecular weight excluding hydrogens is 454 g/mol. The van der Waals surface area contributed by atoms with Crippen molar-refractivity contribution >= 4 is 24.6 Å². The molecule has 34 heavy (non-hydrogen) atoms. The molecule has 8 heteroatoms. The lowest BCUT2D eigenvalue weighted by Crippen LogP contribution is -2.41. The molecule has 0 aliphatic rings. The van der Waals surface area contributed by atoms with Crippen LogP contribution >= 0.6 is 12.6 Å². The predicted molar refractivity (Wildman–Crippen MR) is 140 cm³/mol. The highest BCUT2D eigenvalue weighted by Crippen LogP contribution is 2.08. The molecule has 2 atom stereocenters. The minimum Gasteiger partial charge on any atom is -0.463 e. The summed E-state index contributed by atoms with van der Waals surface area (Å²) in [5.41, 5.74) is 0. The Morgan fingerprint density at radius 2 is 1.15 bits per heavy atom. The van der Waals surface area contributed by atoms with Gasteiger partial charge < -0.3 is 19.7 Å². The van der Waals surface area contributed by atoms with Gasteiger partial charge in [0.1, 0.15) is 25.4 Å². The van der Waals surface area contributed by atoms with Gasteiger partial charge in [0.2, 0.25) is 0 Å². The summed E-state index contributed by atoms with van der Waals surface area (Å²) in [6.45, 7) is 5.42. The molecule has 0 amide bonds. The van der Waals surface area contributed by atoms with E-state index in [4.69, 9.17) is 9.47 Å². The first-order valence-electron chi connectivity index (χ1n) is 13.4. The van der Waals surface area contributed by atoms with Crippen molar-refractivity contribution in [2.75, 3.05) is 38.6 Å². The van der Waals surface area contributed by atoms with Gasteiger partial charge in [0.25, 0.3) is 0 Å². The number of thiol groups is 1. The van der Waals surface area contributed by atoms with Crippen LogP contribution in [-0.4, -0.2) is 77.9 Å². The molecule has 0 aliphatic carbocycles. The van der Waals surface area contributed by atoms with Gasteiger partial charge in [-0.3, -0.25) is 14.5 Å². The number of esters is 2. The number of unbranched alkanes of at least 4 members (excludes halogenated alkanes) is 9. The van der Waals surface area contributed by atoms with Gasteiger partial charge in [0.05, 0.1) is 0 Å². The first-order chi connectivity index (χ1) is 16.4. The molecule has 0 radical (unpaired) electrons. The average molecular weight is 506 g/mol. The van der Waals surface area contributed by atoms with Crippen LogP contribution in [0.4, 0.5) is 0 Å². The largest absolute Gasteiger partial charge is 0.463 e. The van der Waals surface area contributed by atoms with Crippen LogP contribution in [0.3, 0.4) is 0 Å². The molecule has 0 fully saturated rings. The zero-order chi connectivity index (χ0) is 25.4. The summed E-state index contributed by atoms with van der Waals surface area (Å²) < 4.78 is 10.4. The molecule has 0 bridgehead atoms. The fraction of sp³-hybridized carbons (Fsp3) is 0.923. The third-order valence-electron chi connectivity index (χ3n) is 5.66. The van der Waals surface area contributed by atoms with Crippen molar-refractivity contribution in [3.05, 3.63) is 0 Å². The Bertz CT molecular complexity index is 456. The molecule has 0 aliphatic heterocycles. The first-order valence-corrected chi connectivity index (χ1v) is 14.1. The second-order valence-corrected chi connectivity index (χ2v) is 9.64. The normalized spacial score (nSPS) is 13.1. The van der Waals surface area contributed by atoms with Gasteiger partial charge in [-0.1, -0.05) is 65.2 Å². The van der Waals surface area contributed by atoms with Crippen LogP contribution < -0.4 is 0 Å². The quantitative estimate of drug-likeness (QED) is 0.101. The van der Waals surface area contributed by atoms with Crippen molar-refractivity contribution in [2.45, 2.75) is 116 Å². The number of hydrogen-bond acceptors (Lipinski definition) is 8. The van der Waals surface area contributed by atoms with Crippen molar-refractivity contribution in [3.63, 3.8) is 0 Å². The predicted octanol–water partition coefficient (Wildman–Crippen LogP) is 4.53. The molecule has 0 spiro atoms. The lowest BCUT2D eigenvalue weighted by atomic mass is 10.1. The van der Waals surface area contributed by atoms with E-state index in [2.05, 4.69) is 26.5 Å². The molecule has 0 saturated heterocycles. The van der Waals surface area contributed by atoms with Gasteiger partial charge in [-0.05, 0) is 38.0 Å². The number of carbonyl (C=O) groups is 2. The lowest BCUT2D eigenvalue weighted by Gasteiger charge is -2.27. The highest BCUT2D eigenvalue weighted by atomic mass is 32.1. The van der Waals surface area contributed by atoms with Crippen LogP contribution in [-0.2, 0) is 19.1 Å². The number of hydrogen-bond donors (Lipinski definition) is 3. The molecule has 0 aromatic carbocycles.